The Balaban J connectivity index is 0.00000237. The van der Waals surface area contributed by atoms with Gasteiger partial charge in [0, 0.05) is 52.7 Å². The predicted molar refractivity (Wildman–Crippen MR) is 324 cm³/mol. The average molecular weight is 1500 g/mol. The van der Waals surface area contributed by atoms with Crippen molar-refractivity contribution in [2.75, 3.05) is 88.8 Å². The normalized spacial score (nSPS) is 15.1. The maximum Gasteiger partial charge on any atom is 0.490 e. The van der Waals surface area contributed by atoms with Gasteiger partial charge in [0.15, 0.2) is 5.96 Å². The Kier molecular flexibility index (Phi) is 39.7. The van der Waals surface area contributed by atoms with E-state index in [0.717, 1.165) is 78.4 Å². The molecule has 2 aromatic carbocycles. The number of nitrogens with one attached hydrogen (secondary N) is 5. The van der Waals surface area contributed by atoms with Crippen molar-refractivity contribution in [3.63, 3.8) is 0 Å². The van der Waals surface area contributed by atoms with Crippen molar-refractivity contribution >= 4 is 94.2 Å². The van der Waals surface area contributed by atoms with Crippen molar-refractivity contribution in [3.05, 3.63) is 54.1 Å². The van der Waals surface area contributed by atoms with Gasteiger partial charge < -0.3 is 69.3 Å². The molecule has 3 atom stereocenters. The molecule has 3 heterocycles. The zero-order chi connectivity index (χ0) is 78.7. The number of imide groups is 1. The standard InChI is InChI=1S/C46H70N14O7.5C2HF3O2/c1-31(61)53-45(67)37(29-40(48)62)56-44(66)36(13-7-19-52-46(49)50)54-35(12-6-18-47)43(65)51-20-24-58-27-25-57(26-28-58)21-8-9-32-16-22-59(23-17-32)30-41(63)60-38-14-4-2-10-33(38)42(64)55-34-11-3-5-15-39(34)60;5*3-2(4,5)1(6)7/h2-5,10-11,14-15,32,35-37,54H,6-9,12-13,16-30,47H2,1H3,(H2,48,62)(H,51,65)(H,55,64)(H,56,66)(H4,49,50,52)(H,53,61,67);5*(H,6,7)/t35-,36+,37+;;;;;/m1...../s1. The number of anilines is 3. The average Bonchev–Trinajstić information content (AvgIpc) is 1.60. The van der Waals surface area contributed by atoms with Crippen LogP contribution in [-0.2, 0) is 52.7 Å². The number of primary amides is 1. The van der Waals surface area contributed by atoms with Crippen molar-refractivity contribution in [1.29, 1.82) is 0 Å². The van der Waals surface area contributed by atoms with Gasteiger partial charge in [-0.3, -0.25) is 63.9 Å². The lowest BCUT2D eigenvalue weighted by Gasteiger charge is -2.36. The summed E-state index contributed by atoms with van der Waals surface area (Å²) in [6.45, 7) is 9.29. The predicted octanol–water partition coefficient (Wildman–Crippen LogP) is 2.45. The first kappa shape index (κ1) is 92.3. The van der Waals surface area contributed by atoms with Crippen LogP contribution in [0.2, 0.25) is 0 Å². The highest BCUT2D eigenvalue weighted by Crippen LogP contribution is 2.38. The molecule has 2 aromatic rings. The summed E-state index contributed by atoms with van der Waals surface area (Å²) in [6, 6.07) is 11.4. The summed E-state index contributed by atoms with van der Waals surface area (Å²) in [5, 5.41) is 49.3. The number of guanidine groups is 1. The Morgan fingerprint density at radius 2 is 1.00 bits per heavy atom. The summed E-state index contributed by atoms with van der Waals surface area (Å²) >= 11 is 0. The number of carboxylic acids is 5. The first-order chi connectivity index (χ1) is 46.9. The fourth-order valence-corrected chi connectivity index (χ4v) is 8.81. The van der Waals surface area contributed by atoms with Crippen LogP contribution in [0.4, 0.5) is 82.9 Å². The van der Waals surface area contributed by atoms with Crippen LogP contribution in [0.1, 0.15) is 75.1 Å². The number of halogens is 15. The molecule has 0 bridgehead atoms. The molecule has 7 amide bonds. The minimum atomic E-state index is -5.08. The second-order valence-corrected chi connectivity index (χ2v) is 21.5. The first-order valence-electron chi connectivity index (χ1n) is 29.6. The topological polar surface area (TPSA) is 496 Å². The number of rotatable bonds is 24. The number of benzene rings is 2. The summed E-state index contributed by atoms with van der Waals surface area (Å²) in [5.74, 6) is -17.0. The number of nitrogens with zero attached hydrogens (tertiary/aromatic N) is 5. The first-order valence-corrected chi connectivity index (χ1v) is 29.6. The number of fused-ring (bicyclic) bond motifs is 2. The van der Waals surface area contributed by atoms with Crippen LogP contribution < -0.4 is 54.4 Å². The molecule has 46 heteroatoms. The minimum absolute atomic E-state index is 0.0602. The number of aliphatic imine (C=N–C) groups is 1. The third kappa shape index (κ3) is 38.2. The van der Waals surface area contributed by atoms with Gasteiger partial charge in [-0.15, -0.1) is 0 Å². The number of carbonyl (C=O) groups excluding carboxylic acids is 7. The number of carboxylic acid groups (broad SMARTS) is 5. The van der Waals surface area contributed by atoms with Crippen molar-refractivity contribution in [2.24, 2.45) is 33.8 Å². The van der Waals surface area contributed by atoms with Gasteiger partial charge in [-0.25, -0.2) is 24.0 Å². The second kappa shape index (κ2) is 43.8. The molecule has 576 valence electrons. The molecule has 102 heavy (non-hydrogen) atoms. The minimum Gasteiger partial charge on any atom is -0.475 e. The third-order valence-electron chi connectivity index (χ3n) is 13.6. The number of piperidine rings is 1. The highest BCUT2D eigenvalue weighted by atomic mass is 19.4. The summed E-state index contributed by atoms with van der Waals surface area (Å²) in [7, 11) is 0. The number of amides is 7. The van der Waals surface area contributed by atoms with Gasteiger partial charge >= 0.3 is 60.7 Å². The number of hydrogen-bond acceptors (Lipinski definition) is 18. The molecule has 2 fully saturated rings. The zero-order valence-corrected chi connectivity index (χ0v) is 53.6. The SMILES string of the molecule is CC(=O)NC(=O)[C@H](CC(N)=O)NC(=O)[C@H](CCCN=C(N)N)N[C@H](CCCN)C(=O)NCCN1CCN(CCCC2CCN(CC(=O)N3c4ccccc4NC(=O)c4ccccc43)CC2)CC1.O=C(O)C(F)(F)F.O=C(O)C(F)(F)F.O=C(O)C(F)(F)F.O=C(O)C(F)(F)F.O=C(O)C(F)(F)F. The number of likely N-dealkylation sites (tertiary alicyclic amines) is 1. The monoisotopic (exact) mass is 1500 g/mol. The van der Waals surface area contributed by atoms with Gasteiger partial charge in [0.1, 0.15) is 6.04 Å². The maximum atomic E-state index is 13.9. The van der Waals surface area contributed by atoms with E-state index in [0.29, 0.717) is 67.4 Å². The van der Waals surface area contributed by atoms with Gasteiger partial charge in [-0.1, -0.05) is 24.3 Å². The van der Waals surface area contributed by atoms with Gasteiger partial charge in [-0.2, -0.15) is 65.9 Å². The Labute approximate surface area is 568 Å². The molecule has 18 N–H and O–H groups in total. The molecule has 0 aromatic heterocycles. The Bertz CT molecular complexity index is 3000. The van der Waals surface area contributed by atoms with E-state index in [1.165, 1.54) is 0 Å². The number of carbonyl (C=O) groups is 12. The molecule has 2 saturated heterocycles. The largest absolute Gasteiger partial charge is 0.490 e. The van der Waals surface area contributed by atoms with Crippen LogP contribution >= 0.6 is 0 Å². The highest BCUT2D eigenvalue weighted by Gasteiger charge is 2.41. The molecule has 3 aliphatic rings. The molecule has 0 spiro atoms. The zero-order valence-electron chi connectivity index (χ0n) is 53.6. The quantitative estimate of drug-likeness (QED) is 0.0311. The molecule has 5 rings (SSSR count). The molecular weight excluding hydrogens is 1430 g/mol. The van der Waals surface area contributed by atoms with E-state index < -0.39 is 109 Å². The summed E-state index contributed by atoms with van der Waals surface area (Å²) in [5.41, 5.74) is 24.4. The summed E-state index contributed by atoms with van der Waals surface area (Å²) in [4.78, 5) is 147. The van der Waals surface area contributed by atoms with Crippen LogP contribution in [0, 0.1) is 5.92 Å². The van der Waals surface area contributed by atoms with Crippen molar-refractivity contribution < 1.29 is 149 Å². The lowest BCUT2D eigenvalue weighted by molar-refractivity contribution is -0.193. The van der Waals surface area contributed by atoms with E-state index in [4.69, 9.17) is 72.4 Å². The maximum absolute atomic E-state index is 13.9. The Morgan fingerprint density at radius 3 is 1.44 bits per heavy atom. The smallest absolute Gasteiger partial charge is 0.475 e. The van der Waals surface area contributed by atoms with E-state index in [1.807, 2.05) is 42.5 Å². The number of aliphatic carboxylic acids is 5. The van der Waals surface area contributed by atoms with E-state index >= 15 is 0 Å². The van der Waals surface area contributed by atoms with Crippen molar-refractivity contribution in [1.82, 2.24) is 36.0 Å². The van der Waals surface area contributed by atoms with Crippen LogP contribution in [0.3, 0.4) is 0 Å². The molecule has 0 saturated carbocycles. The number of para-hydroxylation sites is 3. The fourth-order valence-electron chi connectivity index (χ4n) is 8.81. The molecular formula is C56H75F15N14O17. The van der Waals surface area contributed by atoms with Crippen LogP contribution in [0.15, 0.2) is 53.5 Å². The molecule has 0 radical (unpaired) electrons. The van der Waals surface area contributed by atoms with Gasteiger partial charge in [-0.05, 0) is 108 Å². The van der Waals surface area contributed by atoms with Crippen molar-refractivity contribution in [2.45, 2.75) is 114 Å². The number of nitrogens with two attached hydrogens (primary N) is 4. The van der Waals surface area contributed by atoms with Crippen molar-refractivity contribution in [3.8, 4) is 0 Å². The van der Waals surface area contributed by atoms with Crippen LogP contribution in [0.25, 0.3) is 0 Å². The molecule has 0 unspecified atom stereocenters. The molecule has 3 aliphatic heterocycles. The Hall–Kier alpha value is -9.70. The van der Waals surface area contributed by atoms with Gasteiger partial charge in [0.2, 0.25) is 35.4 Å². The summed E-state index contributed by atoms with van der Waals surface area (Å²) in [6.07, 6.45) is -20.3. The van der Waals surface area contributed by atoms with Gasteiger partial charge in [0.25, 0.3) is 5.91 Å². The van der Waals surface area contributed by atoms with Crippen LogP contribution in [-0.4, -0.2) is 245 Å². The van der Waals surface area contributed by atoms with Crippen LogP contribution in [0.5, 0.6) is 0 Å². The molecule has 31 nitrogen and oxygen atoms in total. The van der Waals surface area contributed by atoms with E-state index in [1.54, 1.807) is 11.0 Å². The fraction of sp³-hybridized carbons (Fsp3) is 0.554. The summed E-state index contributed by atoms with van der Waals surface area (Å²) < 4.78 is 159. The lowest BCUT2D eigenvalue weighted by Crippen LogP contribution is -2.58. The molecule has 0 aliphatic carbocycles. The number of hydrogen-bond donors (Lipinski definition) is 14. The van der Waals surface area contributed by atoms with Gasteiger partial charge in [0.05, 0.1) is 47.7 Å². The highest BCUT2D eigenvalue weighted by molar-refractivity contribution is 6.18. The number of piperazine rings is 1. The van der Waals surface area contributed by atoms with E-state index in [-0.39, 0.29) is 43.2 Å². The third-order valence-corrected chi connectivity index (χ3v) is 13.6. The second-order valence-electron chi connectivity index (χ2n) is 21.5. The number of alkyl halides is 15. The lowest BCUT2D eigenvalue weighted by atomic mass is 9.92. The van der Waals surface area contributed by atoms with E-state index in [2.05, 4.69) is 46.3 Å². The Morgan fingerprint density at radius 1 is 0.569 bits per heavy atom. The van der Waals surface area contributed by atoms with E-state index in [9.17, 15) is 99.4 Å².